The molecule has 1 N–H and O–H groups in total. The van der Waals surface area contributed by atoms with E-state index >= 15 is 0 Å². The summed E-state index contributed by atoms with van der Waals surface area (Å²) in [6.45, 7) is 0.127. The van der Waals surface area contributed by atoms with Crippen LogP contribution < -0.4 is 19.7 Å². The van der Waals surface area contributed by atoms with E-state index in [0.29, 0.717) is 23.3 Å². The highest BCUT2D eigenvalue weighted by atomic mass is 19.2. The quantitative estimate of drug-likeness (QED) is 0.745. The van der Waals surface area contributed by atoms with Gasteiger partial charge in [-0.05, 0) is 24.3 Å². The van der Waals surface area contributed by atoms with E-state index in [4.69, 9.17) is 9.47 Å². The van der Waals surface area contributed by atoms with Gasteiger partial charge in [-0.25, -0.2) is 18.0 Å². The molecule has 154 valence electrons. The zero-order valence-electron chi connectivity index (χ0n) is 15.7. The molecule has 10 heteroatoms. The van der Waals surface area contributed by atoms with E-state index < -0.39 is 35.1 Å². The van der Waals surface area contributed by atoms with Crippen LogP contribution in [-0.2, 0) is 4.79 Å². The molecule has 0 spiro atoms. The second-order valence-electron chi connectivity index (χ2n) is 6.16. The number of halogens is 3. The maximum Gasteiger partial charge on any atom is 0.325 e. The summed E-state index contributed by atoms with van der Waals surface area (Å²) in [4.78, 5) is 27.6. The highest BCUT2D eigenvalue weighted by molar-refractivity contribution is 6.00. The highest BCUT2D eigenvalue weighted by Crippen LogP contribution is 2.34. The number of hydrogen-bond acceptors (Lipinski definition) is 4. The van der Waals surface area contributed by atoms with E-state index in [1.54, 1.807) is 18.2 Å². The summed E-state index contributed by atoms with van der Waals surface area (Å²) in [5.41, 5.74) is -0.0294. The average molecular weight is 409 g/mol. The fourth-order valence-corrected chi connectivity index (χ4v) is 2.95. The molecule has 1 heterocycles. The van der Waals surface area contributed by atoms with Crippen LogP contribution in [0.2, 0.25) is 0 Å². The molecule has 3 amide bonds. The van der Waals surface area contributed by atoms with Crippen molar-refractivity contribution < 1.29 is 32.2 Å². The minimum Gasteiger partial charge on any atom is -0.497 e. The van der Waals surface area contributed by atoms with Gasteiger partial charge in [-0.2, -0.15) is 0 Å². The number of ether oxygens (including phenoxy) is 2. The zero-order valence-corrected chi connectivity index (χ0v) is 15.7. The molecular formula is C19H18F3N3O4. The number of nitrogens with one attached hydrogen (secondary N) is 1. The van der Waals surface area contributed by atoms with Gasteiger partial charge in [0.1, 0.15) is 18.0 Å². The number of rotatable bonds is 6. The Morgan fingerprint density at radius 1 is 1.07 bits per heavy atom. The summed E-state index contributed by atoms with van der Waals surface area (Å²) in [5.74, 6) is -4.32. The van der Waals surface area contributed by atoms with Gasteiger partial charge in [0, 0.05) is 19.2 Å². The Labute approximate surface area is 164 Å². The number of benzene rings is 2. The lowest BCUT2D eigenvalue weighted by Crippen LogP contribution is -2.37. The predicted octanol–water partition coefficient (Wildman–Crippen LogP) is 3.00. The maximum absolute atomic E-state index is 13.7. The van der Waals surface area contributed by atoms with Crippen molar-refractivity contribution in [3.63, 3.8) is 0 Å². The third-order valence-electron chi connectivity index (χ3n) is 4.42. The lowest BCUT2D eigenvalue weighted by atomic mass is 10.2. The normalized spacial score (nSPS) is 13.6. The summed E-state index contributed by atoms with van der Waals surface area (Å²) in [5, 5.41) is 2.14. The molecule has 7 nitrogen and oxygen atoms in total. The molecule has 1 aliphatic rings. The number of urea groups is 1. The van der Waals surface area contributed by atoms with Crippen molar-refractivity contribution in [1.82, 2.24) is 4.90 Å². The molecule has 0 aliphatic carbocycles. The van der Waals surface area contributed by atoms with Gasteiger partial charge in [0.05, 0.1) is 25.6 Å². The molecule has 1 aliphatic heterocycles. The van der Waals surface area contributed by atoms with Gasteiger partial charge < -0.3 is 19.7 Å². The van der Waals surface area contributed by atoms with Crippen molar-refractivity contribution in [3.8, 4) is 11.5 Å². The van der Waals surface area contributed by atoms with Crippen LogP contribution in [0.3, 0.4) is 0 Å². The van der Waals surface area contributed by atoms with E-state index in [9.17, 15) is 22.8 Å². The third kappa shape index (κ3) is 4.05. The second kappa shape index (κ2) is 8.29. The number of anilines is 2. The SMILES string of the molecule is COc1ccc(OC)c(N2CCN(CC(=O)Nc3ccc(F)c(F)c3F)C2=O)c1. The largest absolute Gasteiger partial charge is 0.497 e. The minimum atomic E-state index is -1.68. The van der Waals surface area contributed by atoms with E-state index in [2.05, 4.69) is 5.32 Å². The second-order valence-corrected chi connectivity index (χ2v) is 6.16. The van der Waals surface area contributed by atoms with E-state index in [1.165, 1.54) is 24.0 Å². The maximum atomic E-state index is 13.7. The van der Waals surface area contributed by atoms with Crippen LogP contribution in [-0.4, -0.2) is 50.7 Å². The lowest BCUT2D eigenvalue weighted by molar-refractivity contribution is -0.116. The van der Waals surface area contributed by atoms with Crippen molar-refractivity contribution in [2.45, 2.75) is 0 Å². The molecule has 0 unspecified atom stereocenters. The number of carbonyl (C=O) groups excluding carboxylic acids is 2. The standard InChI is InChI=1S/C19H18F3N3O4/c1-28-11-3-6-15(29-2)14(9-11)25-8-7-24(19(25)27)10-16(26)23-13-5-4-12(20)17(21)18(13)22/h3-6,9H,7-8,10H2,1-2H3,(H,23,26). The van der Waals surface area contributed by atoms with Crippen molar-refractivity contribution in [2.75, 3.05) is 44.1 Å². The average Bonchev–Trinajstić information content (AvgIpc) is 3.07. The Kier molecular flexibility index (Phi) is 5.81. The molecule has 0 radical (unpaired) electrons. The molecule has 0 bridgehead atoms. The fraction of sp³-hybridized carbons (Fsp3) is 0.263. The Balaban J connectivity index is 1.71. The third-order valence-corrected chi connectivity index (χ3v) is 4.42. The molecule has 3 rings (SSSR count). The van der Waals surface area contributed by atoms with Crippen LogP contribution in [0.5, 0.6) is 11.5 Å². The van der Waals surface area contributed by atoms with Crippen molar-refractivity contribution in [3.05, 3.63) is 47.8 Å². The molecule has 1 saturated heterocycles. The summed E-state index contributed by atoms with van der Waals surface area (Å²) in [7, 11) is 2.96. The van der Waals surface area contributed by atoms with Crippen LogP contribution in [0.1, 0.15) is 0 Å². The molecule has 0 atom stereocenters. The number of carbonyl (C=O) groups is 2. The Morgan fingerprint density at radius 3 is 2.52 bits per heavy atom. The summed E-state index contributed by atoms with van der Waals surface area (Å²) < 4.78 is 50.4. The van der Waals surface area contributed by atoms with E-state index in [1.807, 2.05) is 0 Å². The predicted molar refractivity (Wildman–Crippen MR) is 98.8 cm³/mol. The number of methoxy groups -OCH3 is 2. The molecule has 0 aromatic heterocycles. The lowest BCUT2D eigenvalue weighted by Gasteiger charge is -2.21. The summed E-state index contributed by atoms with van der Waals surface area (Å²) >= 11 is 0. The van der Waals surface area contributed by atoms with Crippen molar-refractivity contribution in [2.24, 2.45) is 0 Å². The molecule has 2 aromatic rings. The molecule has 2 aromatic carbocycles. The molecule has 0 saturated carbocycles. The van der Waals surface area contributed by atoms with Crippen LogP contribution in [0.25, 0.3) is 0 Å². The first kappa shape index (κ1) is 20.3. The summed E-state index contributed by atoms with van der Waals surface area (Å²) in [6, 6.07) is 6.12. The summed E-state index contributed by atoms with van der Waals surface area (Å²) in [6.07, 6.45) is 0. The molecular weight excluding hydrogens is 391 g/mol. The van der Waals surface area contributed by atoms with Crippen LogP contribution in [0.4, 0.5) is 29.3 Å². The van der Waals surface area contributed by atoms with Gasteiger partial charge in [0.25, 0.3) is 0 Å². The van der Waals surface area contributed by atoms with Crippen molar-refractivity contribution in [1.29, 1.82) is 0 Å². The van der Waals surface area contributed by atoms with Gasteiger partial charge in [-0.15, -0.1) is 0 Å². The highest BCUT2D eigenvalue weighted by Gasteiger charge is 2.33. The molecule has 29 heavy (non-hydrogen) atoms. The van der Waals surface area contributed by atoms with Crippen LogP contribution in [0.15, 0.2) is 30.3 Å². The number of amides is 3. The van der Waals surface area contributed by atoms with E-state index in [-0.39, 0.29) is 19.6 Å². The van der Waals surface area contributed by atoms with E-state index in [0.717, 1.165) is 6.07 Å². The zero-order chi connectivity index (χ0) is 21.1. The molecule has 1 fully saturated rings. The van der Waals surface area contributed by atoms with Gasteiger partial charge in [0.2, 0.25) is 5.91 Å². The van der Waals surface area contributed by atoms with Gasteiger partial charge in [-0.3, -0.25) is 9.69 Å². The monoisotopic (exact) mass is 409 g/mol. The van der Waals surface area contributed by atoms with Crippen molar-refractivity contribution >= 4 is 23.3 Å². The Hall–Kier alpha value is -3.43. The van der Waals surface area contributed by atoms with Gasteiger partial charge in [-0.1, -0.05) is 0 Å². The Bertz CT molecular complexity index is 955. The minimum absolute atomic E-state index is 0.229. The van der Waals surface area contributed by atoms with Gasteiger partial charge in [0.15, 0.2) is 17.5 Å². The first-order valence-electron chi connectivity index (χ1n) is 8.57. The number of nitrogens with zero attached hydrogens (tertiary/aromatic N) is 2. The van der Waals surface area contributed by atoms with Crippen LogP contribution >= 0.6 is 0 Å². The smallest absolute Gasteiger partial charge is 0.325 e. The Morgan fingerprint density at radius 2 is 1.83 bits per heavy atom. The van der Waals surface area contributed by atoms with Gasteiger partial charge >= 0.3 is 6.03 Å². The first-order chi connectivity index (χ1) is 13.8. The first-order valence-corrected chi connectivity index (χ1v) is 8.57. The van der Waals surface area contributed by atoms with Crippen LogP contribution in [0, 0.1) is 17.5 Å². The fourth-order valence-electron chi connectivity index (χ4n) is 2.95. The topological polar surface area (TPSA) is 71.1 Å². The number of hydrogen-bond donors (Lipinski definition) is 1.